The van der Waals surface area contributed by atoms with Gasteiger partial charge in [-0.25, -0.2) is 14.2 Å². The Balaban J connectivity index is 1.46. The molecule has 42 heavy (non-hydrogen) atoms. The molecule has 8 nitrogen and oxygen atoms in total. The van der Waals surface area contributed by atoms with Crippen LogP contribution in [0.5, 0.6) is 11.5 Å². The molecule has 4 aromatic rings. The van der Waals surface area contributed by atoms with Gasteiger partial charge in [0.05, 0.1) is 17.1 Å². The number of benzene rings is 3. The molecule has 0 spiro atoms. The van der Waals surface area contributed by atoms with E-state index in [1.54, 1.807) is 29.2 Å². The van der Waals surface area contributed by atoms with Crippen LogP contribution >= 0.6 is 0 Å². The zero-order valence-corrected chi connectivity index (χ0v) is 23.1. The number of halogens is 4. The van der Waals surface area contributed by atoms with Crippen LogP contribution in [0.15, 0.2) is 65.3 Å². The van der Waals surface area contributed by atoms with E-state index in [-0.39, 0.29) is 22.9 Å². The lowest BCUT2D eigenvalue weighted by Gasteiger charge is -2.25. The van der Waals surface area contributed by atoms with Gasteiger partial charge in [-0.3, -0.25) is 0 Å². The van der Waals surface area contributed by atoms with Crippen LogP contribution in [0.25, 0.3) is 11.3 Å². The molecule has 0 unspecified atom stereocenters. The smallest absolute Gasteiger partial charge is 0.506 e. The molecule has 1 aliphatic heterocycles. The quantitative estimate of drug-likeness (QED) is 0.197. The van der Waals surface area contributed by atoms with Crippen LogP contribution in [-0.2, 0) is 5.41 Å². The van der Waals surface area contributed by atoms with Crippen molar-refractivity contribution in [3.05, 3.63) is 78.1 Å². The molecule has 2 heterocycles. The highest BCUT2D eigenvalue weighted by Gasteiger charge is 2.42. The van der Waals surface area contributed by atoms with Gasteiger partial charge in [-0.1, -0.05) is 39.8 Å². The summed E-state index contributed by atoms with van der Waals surface area (Å²) in [5.74, 6) is -0.878. The Morgan fingerprint density at radius 3 is 2.45 bits per heavy atom. The van der Waals surface area contributed by atoms with Gasteiger partial charge < -0.3 is 29.8 Å². The number of para-hydroxylation sites is 2. The number of anilines is 4. The molecule has 2 amide bonds. The molecule has 0 fully saturated rings. The molecule has 1 aromatic heterocycles. The number of phenolic OH excluding ortho intramolecular Hbond substituents is 1. The molecule has 3 N–H and O–H groups in total. The molecule has 5 rings (SSSR count). The molecular weight excluding hydrogens is 556 g/mol. The normalized spacial score (nSPS) is 14.2. The average Bonchev–Trinajstić information content (AvgIpc) is 3.48. The number of aromatic nitrogens is 1. The molecule has 0 saturated carbocycles. The van der Waals surface area contributed by atoms with Crippen molar-refractivity contribution >= 4 is 28.8 Å². The molecule has 1 aliphatic rings. The molecular formula is C30H28F4N4O4. The van der Waals surface area contributed by atoms with E-state index in [2.05, 4.69) is 20.4 Å². The van der Waals surface area contributed by atoms with Crippen molar-refractivity contribution in [1.29, 1.82) is 0 Å². The second kappa shape index (κ2) is 10.6. The Morgan fingerprint density at radius 1 is 1.12 bits per heavy atom. The zero-order chi connectivity index (χ0) is 30.4. The molecule has 0 saturated heterocycles. The number of carbonyl (C=O) groups is 1. The summed E-state index contributed by atoms with van der Waals surface area (Å²) in [4.78, 5) is 19.2. The van der Waals surface area contributed by atoms with Crippen LogP contribution in [-0.4, -0.2) is 29.0 Å². The minimum atomic E-state index is -4.83. The number of nitrogens with one attached hydrogen (secondary N) is 2. The van der Waals surface area contributed by atoms with Gasteiger partial charge in [0.1, 0.15) is 29.3 Å². The van der Waals surface area contributed by atoms with Gasteiger partial charge in [-0.2, -0.15) is 0 Å². The van der Waals surface area contributed by atoms with Crippen LogP contribution in [0.3, 0.4) is 0 Å². The fraction of sp³-hybridized carbons (Fsp3) is 0.267. The lowest BCUT2D eigenvalue weighted by Crippen LogP contribution is -2.27. The molecule has 12 heteroatoms. The Hall–Kier alpha value is -4.74. The second-order valence-corrected chi connectivity index (χ2v) is 10.8. The van der Waals surface area contributed by atoms with Gasteiger partial charge in [-0.05, 0) is 42.0 Å². The number of hydrogen-bond acceptors (Lipinski definition) is 6. The first-order valence-corrected chi connectivity index (χ1v) is 13.1. The molecule has 0 bridgehead atoms. The lowest BCUT2D eigenvalue weighted by atomic mass is 9.82. The standard InChI is InChI=1S/C30H28F4N4O4/c1-16(2)27-36-21(14-41-27)24-19(31)13-23(39)26-25(24)29(3,4)15-38(26)22-8-6-5-7-20(22)37-28(40)35-17-9-11-18(12-10-17)42-30(32,33)34/h5-14,16,39H,15H2,1-4H3,(H2,35,37,40). The predicted molar refractivity (Wildman–Crippen MR) is 150 cm³/mol. The maximum atomic E-state index is 15.4. The third kappa shape index (κ3) is 5.69. The summed E-state index contributed by atoms with van der Waals surface area (Å²) in [6, 6.07) is 12.0. The number of carbonyl (C=O) groups excluding carboxylic acids is 1. The SMILES string of the molecule is CC(C)c1nc(-c2c(F)cc(O)c3c2C(C)(C)CN3c2ccccc2NC(=O)Nc2ccc(OC(F)(F)F)cc2)co1. The summed E-state index contributed by atoms with van der Waals surface area (Å²) in [5, 5.41) is 16.3. The third-order valence-electron chi connectivity index (χ3n) is 6.79. The van der Waals surface area contributed by atoms with Gasteiger partial charge >= 0.3 is 12.4 Å². The van der Waals surface area contributed by atoms with Gasteiger partial charge in [0.15, 0.2) is 5.89 Å². The minimum Gasteiger partial charge on any atom is -0.506 e. The number of hydrogen-bond donors (Lipinski definition) is 3. The summed E-state index contributed by atoms with van der Waals surface area (Å²) in [6.07, 6.45) is -3.42. The minimum absolute atomic E-state index is 0.00765. The topological polar surface area (TPSA) is 99.9 Å². The number of nitrogens with zero attached hydrogens (tertiary/aromatic N) is 2. The number of amides is 2. The Bertz CT molecular complexity index is 1630. The van der Waals surface area contributed by atoms with Gasteiger partial charge in [0, 0.05) is 35.2 Å². The fourth-order valence-electron chi connectivity index (χ4n) is 5.07. The maximum absolute atomic E-state index is 15.4. The van der Waals surface area contributed by atoms with E-state index in [0.29, 0.717) is 40.8 Å². The number of oxazole rings is 1. The van der Waals surface area contributed by atoms with Crippen molar-refractivity contribution in [2.24, 2.45) is 0 Å². The first kappa shape index (κ1) is 28.8. The van der Waals surface area contributed by atoms with Crippen molar-refractivity contribution in [2.45, 2.75) is 45.4 Å². The van der Waals surface area contributed by atoms with Gasteiger partial charge in [0.2, 0.25) is 0 Å². The highest BCUT2D eigenvalue weighted by molar-refractivity contribution is 6.03. The molecule has 0 aliphatic carbocycles. The average molecular weight is 585 g/mol. The van der Waals surface area contributed by atoms with Gasteiger partial charge in [0.25, 0.3) is 0 Å². The van der Waals surface area contributed by atoms with Crippen LogP contribution < -0.4 is 20.3 Å². The number of alkyl halides is 3. The summed E-state index contributed by atoms with van der Waals surface area (Å²) in [5.41, 5.74) is 1.96. The first-order valence-electron chi connectivity index (χ1n) is 13.1. The summed E-state index contributed by atoms with van der Waals surface area (Å²) in [6.45, 7) is 8.01. The van der Waals surface area contributed by atoms with Crippen LogP contribution in [0, 0.1) is 5.82 Å². The number of ether oxygens (including phenoxy) is 1. The Morgan fingerprint density at radius 2 is 1.81 bits per heavy atom. The number of aromatic hydroxyl groups is 1. The van der Waals surface area contributed by atoms with Crippen molar-refractivity contribution in [2.75, 3.05) is 22.1 Å². The maximum Gasteiger partial charge on any atom is 0.573 e. The van der Waals surface area contributed by atoms with Crippen molar-refractivity contribution in [1.82, 2.24) is 4.98 Å². The summed E-state index contributed by atoms with van der Waals surface area (Å²) in [7, 11) is 0. The van der Waals surface area contributed by atoms with E-state index in [4.69, 9.17) is 4.42 Å². The number of rotatable bonds is 6. The third-order valence-corrected chi connectivity index (χ3v) is 6.79. The molecule has 220 valence electrons. The van der Waals surface area contributed by atoms with E-state index in [9.17, 15) is 23.1 Å². The van der Waals surface area contributed by atoms with E-state index < -0.39 is 29.4 Å². The molecule has 0 radical (unpaired) electrons. The van der Waals surface area contributed by atoms with E-state index in [0.717, 1.165) is 18.2 Å². The summed E-state index contributed by atoms with van der Waals surface area (Å²) >= 11 is 0. The van der Waals surface area contributed by atoms with Crippen LogP contribution in [0.4, 0.5) is 45.1 Å². The van der Waals surface area contributed by atoms with Crippen molar-refractivity contribution in [3.63, 3.8) is 0 Å². The molecule has 0 atom stereocenters. The Kier molecular flexibility index (Phi) is 7.25. The molecule has 3 aromatic carbocycles. The fourth-order valence-corrected chi connectivity index (χ4v) is 5.07. The van der Waals surface area contributed by atoms with Crippen LogP contribution in [0.2, 0.25) is 0 Å². The number of urea groups is 1. The number of fused-ring (bicyclic) bond motifs is 1. The van der Waals surface area contributed by atoms with Crippen molar-refractivity contribution in [3.8, 4) is 22.8 Å². The predicted octanol–water partition coefficient (Wildman–Crippen LogP) is 8.28. The van der Waals surface area contributed by atoms with E-state index >= 15 is 4.39 Å². The largest absolute Gasteiger partial charge is 0.573 e. The van der Waals surface area contributed by atoms with Gasteiger partial charge in [-0.15, -0.1) is 13.2 Å². The number of phenols is 1. The summed E-state index contributed by atoms with van der Waals surface area (Å²) < 4.78 is 62.2. The van der Waals surface area contributed by atoms with Crippen LogP contribution in [0.1, 0.15) is 45.1 Å². The highest BCUT2D eigenvalue weighted by Crippen LogP contribution is 2.54. The monoisotopic (exact) mass is 584 g/mol. The van der Waals surface area contributed by atoms with Crippen molar-refractivity contribution < 1.29 is 36.6 Å². The van der Waals surface area contributed by atoms with E-state index in [1.165, 1.54) is 18.4 Å². The second-order valence-electron chi connectivity index (χ2n) is 10.8. The highest BCUT2D eigenvalue weighted by atomic mass is 19.4. The Labute approximate surface area is 238 Å². The zero-order valence-electron chi connectivity index (χ0n) is 23.1. The first-order chi connectivity index (χ1) is 19.7. The van der Waals surface area contributed by atoms with E-state index in [1.807, 2.05) is 27.7 Å². The lowest BCUT2D eigenvalue weighted by molar-refractivity contribution is -0.274.